The van der Waals surface area contributed by atoms with Crippen molar-refractivity contribution in [3.63, 3.8) is 0 Å². The van der Waals surface area contributed by atoms with Crippen LogP contribution in [0.3, 0.4) is 0 Å². The molecule has 0 aliphatic carbocycles. The number of hydrogen-bond acceptors (Lipinski definition) is 2. The molecule has 1 heterocycles. The van der Waals surface area contributed by atoms with E-state index in [1.54, 1.807) is 11.3 Å². The Hall–Kier alpha value is -0.330. The van der Waals surface area contributed by atoms with E-state index in [0.29, 0.717) is 4.83 Å². The highest BCUT2D eigenvalue weighted by atomic mass is 79.9. The third kappa shape index (κ3) is 2.64. The third-order valence-electron chi connectivity index (χ3n) is 1.27. The zero-order valence-corrected chi connectivity index (χ0v) is 8.58. The fourth-order valence-corrected chi connectivity index (χ4v) is 2.33. The van der Waals surface area contributed by atoms with Crippen molar-refractivity contribution >= 4 is 27.3 Å². The molecule has 3 heteroatoms. The first-order valence-electron chi connectivity index (χ1n) is 3.34. The van der Waals surface area contributed by atoms with E-state index in [9.17, 15) is 0 Å². The molecular formula is C8H8BrNS. The van der Waals surface area contributed by atoms with E-state index in [1.165, 1.54) is 4.88 Å². The van der Waals surface area contributed by atoms with Gasteiger partial charge in [-0.2, -0.15) is 5.26 Å². The molecule has 0 fully saturated rings. The van der Waals surface area contributed by atoms with E-state index in [1.807, 2.05) is 11.4 Å². The van der Waals surface area contributed by atoms with Gasteiger partial charge in [0.05, 0.1) is 11.6 Å². The van der Waals surface area contributed by atoms with E-state index in [0.717, 1.165) is 12.0 Å². The monoisotopic (exact) mass is 229 g/mol. The van der Waals surface area contributed by atoms with Crippen molar-refractivity contribution in [2.45, 2.75) is 18.2 Å². The molecule has 1 atom stereocenters. The second kappa shape index (κ2) is 3.89. The van der Waals surface area contributed by atoms with Crippen LogP contribution in [-0.2, 0) is 6.42 Å². The number of alkyl halides is 1. The van der Waals surface area contributed by atoms with E-state index >= 15 is 0 Å². The van der Waals surface area contributed by atoms with Gasteiger partial charge in [-0.3, -0.25) is 0 Å². The topological polar surface area (TPSA) is 23.8 Å². The number of hydrogen-bond donors (Lipinski definition) is 0. The Bertz CT molecular complexity index is 272. The van der Waals surface area contributed by atoms with Crippen LogP contribution in [0.1, 0.15) is 17.4 Å². The van der Waals surface area contributed by atoms with Crippen LogP contribution in [0.15, 0.2) is 11.4 Å². The van der Waals surface area contributed by atoms with Crippen LogP contribution < -0.4 is 0 Å². The summed E-state index contributed by atoms with van der Waals surface area (Å²) in [6, 6.07) is 4.06. The molecule has 1 nitrogen and oxygen atoms in total. The standard InChI is InChI=1S/C8H8BrNS/c1-6(9)2-8-3-7(4-10)5-11-8/h3,5-6H,2H2,1H3. The smallest absolute Gasteiger partial charge is 0.1000 e. The third-order valence-corrected chi connectivity index (χ3v) is 2.55. The van der Waals surface area contributed by atoms with Crippen molar-refractivity contribution in [2.75, 3.05) is 0 Å². The summed E-state index contributed by atoms with van der Waals surface area (Å²) in [5, 5.41) is 10.4. The predicted octanol–water partition coefficient (Wildman–Crippen LogP) is 2.95. The largest absolute Gasteiger partial charge is 0.192 e. The van der Waals surface area contributed by atoms with Gasteiger partial charge in [0.15, 0.2) is 0 Å². The van der Waals surface area contributed by atoms with Crippen LogP contribution in [0.25, 0.3) is 0 Å². The Morgan fingerprint density at radius 3 is 3.00 bits per heavy atom. The molecule has 1 aromatic heterocycles. The molecule has 1 unspecified atom stereocenters. The fraction of sp³-hybridized carbons (Fsp3) is 0.375. The molecule has 0 N–H and O–H groups in total. The summed E-state index contributed by atoms with van der Waals surface area (Å²) in [4.78, 5) is 1.76. The summed E-state index contributed by atoms with van der Waals surface area (Å²) in [5.74, 6) is 0. The summed E-state index contributed by atoms with van der Waals surface area (Å²) >= 11 is 5.12. The Labute approximate surface area is 78.8 Å². The molecule has 1 rings (SSSR count). The van der Waals surface area contributed by atoms with Crippen LogP contribution in [0.5, 0.6) is 0 Å². The zero-order chi connectivity index (χ0) is 8.27. The molecule has 0 bridgehead atoms. The van der Waals surface area contributed by atoms with Gasteiger partial charge in [0.1, 0.15) is 0 Å². The van der Waals surface area contributed by atoms with E-state index in [2.05, 4.69) is 28.9 Å². The summed E-state index contributed by atoms with van der Waals surface area (Å²) in [6.45, 7) is 2.10. The van der Waals surface area contributed by atoms with E-state index < -0.39 is 0 Å². The lowest BCUT2D eigenvalue weighted by atomic mass is 10.2. The van der Waals surface area contributed by atoms with Gasteiger partial charge in [0.25, 0.3) is 0 Å². The first-order valence-corrected chi connectivity index (χ1v) is 5.13. The van der Waals surface area contributed by atoms with Crippen LogP contribution in [0.2, 0.25) is 0 Å². The SMILES string of the molecule is CC(Br)Cc1cc(C#N)cs1. The summed E-state index contributed by atoms with van der Waals surface area (Å²) < 4.78 is 0. The normalized spacial score (nSPS) is 12.5. The molecule has 11 heavy (non-hydrogen) atoms. The van der Waals surface area contributed by atoms with E-state index in [-0.39, 0.29) is 0 Å². The lowest BCUT2D eigenvalue weighted by Crippen LogP contribution is -1.92. The van der Waals surface area contributed by atoms with Gasteiger partial charge in [-0.05, 0) is 12.5 Å². The minimum Gasteiger partial charge on any atom is -0.192 e. The molecule has 0 saturated carbocycles. The van der Waals surface area contributed by atoms with Gasteiger partial charge in [0.2, 0.25) is 0 Å². The maximum absolute atomic E-state index is 8.53. The first kappa shape index (κ1) is 8.76. The minimum absolute atomic E-state index is 0.493. The van der Waals surface area contributed by atoms with Crippen molar-refractivity contribution in [3.05, 3.63) is 21.9 Å². The maximum Gasteiger partial charge on any atom is 0.1000 e. The second-order valence-corrected chi connectivity index (χ2v) is 4.96. The molecular weight excluding hydrogens is 222 g/mol. The van der Waals surface area contributed by atoms with Crippen LogP contribution in [-0.4, -0.2) is 4.83 Å². The maximum atomic E-state index is 8.53. The van der Waals surface area contributed by atoms with Crippen LogP contribution in [0, 0.1) is 11.3 Å². The fourth-order valence-electron chi connectivity index (χ4n) is 0.824. The number of thiophene rings is 1. The van der Waals surface area contributed by atoms with Gasteiger partial charge in [-0.15, -0.1) is 11.3 Å². The number of rotatable bonds is 2. The average Bonchev–Trinajstić information content (AvgIpc) is 2.34. The van der Waals surface area contributed by atoms with Crippen LogP contribution in [0.4, 0.5) is 0 Å². The highest BCUT2D eigenvalue weighted by Crippen LogP contribution is 2.17. The Morgan fingerprint density at radius 2 is 2.55 bits per heavy atom. The van der Waals surface area contributed by atoms with E-state index in [4.69, 9.17) is 5.26 Å². The molecule has 0 aromatic carbocycles. The summed E-state index contributed by atoms with van der Waals surface area (Å²) in [7, 11) is 0. The Morgan fingerprint density at radius 1 is 1.82 bits per heavy atom. The molecule has 0 aliphatic rings. The highest BCUT2D eigenvalue weighted by molar-refractivity contribution is 9.09. The molecule has 58 valence electrons. The summed E-state index contributed by atoms with van der Waals surface area (Å²) in [5.41, 5.74) is 0.776. The number of nitriles is 1. The molecule has 0 amide bonds. The Kier molecular flexibility index (Phi) is 3.10. The van der Waals surface area contributed by atoms with Gasteiger partial charge < -0.3 is 0 Å². The lowest BCUT2D eigenvalue weighted by Gasteiger charge is -1.96. The van der Waals surface area contributed by atoms with Crippen molar-refractivity contribution < 1.29 is 0 Å². The molecule has 0 spiro atoms. The van der Waals surface area contributed by atoms with Crippen LogP contribution >= 0.6 is 27.3 Å². The van der Waals surface area contributed by atoms with Gasteiger partial charge in [-0.1, -0.05) is 22.9 Å². The number of nitrogens with zero attached hydrogens (tertiary/aromatic N) is 1. The van der Waals surface area contributed by atoms with Crippen molar-refractivity contribution in [1.82, 2.24) is 0 Å². The molecule has 0 radical (unpaired) electrons. The first-order chi connectivity index (χ1) is 5.22. The van der Waals surface area contributed by atoms with Crippen molar-refractivity contribution in [2.24, 2.45) is 0 Å². The lowest BCUT2D eigenvalue weighted by molar-refractivity contribution is 0.980. The second-order valence-electron chi connectivity index (χ2n) is 2.40. The zero-order valence-electron chi connectivity index (χ0n) is 6.17. The quantitative estimate of drug-likeness (QED) is 0.716. The van der Waals surface area contributed by atoms with Crippen molar-refractivity contribution in [1.29, 1.82) is 5.26 Å². The minimum atomic E-state index is 0.493. The average molecular weight is 230 g/mol. The van der Waals surface area contributed by atoms with Crippen molar-refractivity contribution in [3.8, 4) is 6.07 Å². The summed E-state index contributed by atoms with van der Waals surface area (Å²) in [6.07, 6.45) is 1.01. The van der Waals surface area contributed by atoms with Gasteiger partial charge >= 0.3 is 0 Å². The van der Waals surface area contributed by atoms with Gasteiger partial charge in [-0.25, -0.2) is 0 Å². The predicted molar refractivity (Wildman–Crippen MR) is 51.1 cm³/mol. The number of halogens is 1. The molecule has 0 saturated heterocycles. The Balaban J connectivity index is 2.67. The molecule has 1 aromatic rings. The highest BCUT2D eigenvalue weighted by Gasteiger charge is 2.01. The molecule has 0 aliphatic heterocycles. The van der Waals surface area contributed by atoms with Gasteiger partial charge in [0, 0.05) is 15.1 Å².